The van der Waals surface area contributed by atoms with Crippen LogP contribution in [0.1, 0.15) is 43.0 Å². The number of nitrogens with two attached hydrogens (primary N) is 1. The topological polar surface area (TPSA) is 64.3 Å². The van der Waals surface area contributed by atoms with Gasteiger partial charge in [-0.1, -0.05) is 6.92 Å². The lowest BCUT2D eigenvalue weighted by Crippen LogP contribution is -2.37. The molecule has 4 nitrogen and oxygen atoms in total. The number of methoxy groups -OCH3 is 1. The lowest BCUT2D eigenvalue weighted by Gasteiger charge is -2.27. The minimum Gasteiger partial charge on any atom is -0.496 e. The minimum atomic E-state index is -0.0938. The Labute approximate surface area is 114 Å². The van der Waals surface area contributed by atoms with Gasteiger partial charge in [0.1, 0.15) is 5.75 Å². The van der Waals surface area contributed by atoms with E-state index in [0.717, 1.165) is 18.8 Å². The van der Waals surface area contributed by atoms with E-state index in [9.17, 15) is 4.79 Å². The molecule has 1 aliphatic rings. The number of benzene rings is 1. The number of hydrogen-bond acceptors (Lipinski definition) is 3. The number of nitrogen functional groups attached to an aromatic ring is 1. The Kier molecular flexibility index (Phi) is 4.30. The molecular formula is C15H22N2O2. The zero-order valence-corrected chi connectivity index (χ0v) is 11.6. The molecule has 0 radical (unpaired) electrons. The summed E-state index contributed by atoms with van der Waals surface area (Å²) in [6, 6.07) is 5.40. The third kappa shape index (κ3) is 3.40. The maximum absolute atomic E-state index is 12.3. The van der Waals surface area contributed by atoms with Gasteiger partial charge in [0.2, 0.25) is 0 Å². The van der Waals surface area contributed by atoms with Gasteiger partial charge in [-0.2, -0.15) is 0 Å². The van der Waals surface area contributed by atoms with Gasteiger partial charge in [0.25, 0.3) is 5.91 Å². The number of carbonyl (C=O) groups excluding carboxylic acids is 1. The van der Waals surface area contributed by atoms with Gasteiger partial charge in [0.05, 0.1) is 12.7 Å². The van der Waals surface area contributed by atoms with E-state index in [1.54, 1.807) is 25.3 Å². The lowest BCUT2D eigenvalue weighted by molar-refractivity contribution is 0.0920. The van der Waals surface area contributed by atoms with Gasteiger partial charge < -0.3 is 15.8 Å². The van der Waals surface area contributed by atoms with E-state index < -0.39 is 0 Å². The predicted octanol–water partition coefficient (Wildman–Crippen LogP) is 2.59. The third-order valence-corrected chi connectivity index (χ3v) is 3.82. The number of anilines is 1. The van der Waals surface area contributed by atoms with Crippen molar-refractivity contribution in [3.05, 3.63) is 23.8 Å². The van der Waals surface area contributed by atoms with Crippen molar-refractivity contribution in [2.75, 3.05) is 12.8 Å². The molecule has 1 fully saturated rings. The van der Waals surface area contributed by atoms with Gasteiger partial charge in [-0.25, -0.2) is 0 Å². The zero-order chi connectivity index (χ0) is 13.8. The first-order valence-corrected chi connectivity index (χ1v) is 6.84. The highest BCUT2D eigenvalue weighted by molar-refractivity contribution is 5.98. The molecule has 4 heteroatoms. The van der Waals surface area contributed by atoms with Crippen LogP contribution in [-0.4, -0.2) is 19.1 Å². The Morgan fingerprint density at radius 2 is 2.00 bits per heavy atom. The highest BCUT2D eigenvalue weighted by Gasteiger charge is 2.21. The average Bonchev–Trinajstić information content (AvgIpc) is 2.41. The summed E-state index contributed by atoms with van der Waals surface area (Å²) < 4.78 is 5.21. The fraction of sp³-hybridized carbons (Fsp3) is 0.533. The van der Waals surface area contributed by atoms with E-state index in [-0.39, 0.29) is 11.9 Å². The Hall–Kier alpha value is -1.71. The van der Waals surface area contributed by atoms with Gasteiger partial charge >= 0.3 is 0 Å². The molecule has 1 aliphatic carbocycles. The van der Waals surface area contributed by atoms with Crippen LogP contribution in [0.25, 0.3) is 0 Å². The first-order chi connectivity index (χ1) is 9.10. The molecule has 0 unspecified atom stereocenters. The molecule has 0 spiro atoms. The number of carbonyl (C=O) groups is 1. The lowest BCUT2D eigenvalue weighted by atomic mass is 9.87. The first kappa shape index (κ1) is 13.7. The number of ether oxygens (including phenoxy) is 1. The SMILES string of the molecule is COc1ccc(N)cc1C(=O)NC1CCC(C)CC1. The quantitative estimate of drug-likeness (QED) is 0.823. The number of nitrogens with one attached hydrogen (secondary N) is 1. The van der Waals surface area contributed by atoms with Crippen molar-refractivity contribution in [2.45, 2.75) is 38.6 Å². The molecule has 0 saturated heterocycles. The van der Waals surface area contributed by atoms with Gasteiger partial charge in [0.15, 0.2) is 0 Å². The highest BCUT2D eigenvalue weighted by atomic mass is 16.5. The van der Waals surface area contributed by atoms with E-state index in [2.05, 4.69) is 12.2 Å². The van der Waals surface area contributed by atoms with Gasteiger partial charge in [0, 0.05) is 11.7 Å². The molecule has 1 aromatic carbocycles. The molecule has 0 aliphatic heterocycles. The Morgan fingerprint density at radius 3 is 2.63 bits per heavy atom. The standard InChI is InChI=1S/C15H22N2O2/c1-10-3-6-12(7-4-10)17-15(18)13-9-11(16)5-8-14(13)19-2/h5,8-10,12H,3-4,6-7,16H2,1-2H3,(H,17,18). The number of rotatable bonds is 3. The molecule has 0 aromatic heterocycles. The summed E-state index contributed by atoms with van der Waals surface area (Å²) in [4.78, 5) is 12.3. The molecule has 1 saturated carbocycles. The maximum atomic E-state index is 12.3. The summed E-state index contributed by atoms with van der Waals surface area (Å²) in [6.45, 7) is 2.26. The molecule has 0 atom stereocenters. The summed E-state index contributed by atoms with van der Waals surface area (Å²) in [5.74, 6) is 1.25. The number of amides is 1. The largest absolute Gasteiger partial charge is 0.496 e. The van der Waals surface area contributed by atoms with Crippen molar-refractivity contribution in [3.8, 4) is 5.75 Å². The molecule has 104 valence electrons. The molecule has 1 amide bonds. The Bertz CT molecular complexity index is 451. The maximum Gasteiger partial charge on any atom is 0.255 e. The smallest absolute Gasteiger partial charge is 0.255 e. The summed E-state index contributed by atoms with van der Waals surface area (Å²) in [7, 11) is 1.56. The highest BCUT2D eigenvalue weighted by Crippen LogP contribution is 2.25. The molecule has 0 heterocycles. The van der Waals surface area contributed by atoms with Crippen LogP contribution in [0.2, 0.25) is 0 Å². The van der Waals surface area contributed by atoms with Gasteiger partial charge in [-0.05, 0) is 49.8 Å². The van der Waals surface area contributed by atoms with Gasteiger partial charge in [-0.15, -0.1) is 0 Å². The first-order valence-electron chi connectivity index (χ1n) is 6.84. The second kappa shape index (κ2) is 5.95. The van der Waals surface area contributed by atoms with Crippen LogP contribution in [0, 0.1) is 5.92 Å². The second-order valence-electron chi connectivity index (χ2n) is 5.39. The normalized spacial score (nSPS) is 22.8. The summed E-state index contributed by atoms with van der Waals surface area (Å²) in [5, 5.41) is 3.08. The van der Waals surface area contributed by atoms with Crippen molar-refractivity contribution >= 4 is 11.6 Å². The van der Waals surface area contributed by atoms with E-state index in [1.807, 2.05) is 0 Å². The molecule has 0 bridgehead atoms. The van der Waals surface area contributed by atoms with Crippen LogP contribution in [0.5, 0.6) is 5.75 Å². The van der Waals surface area contributed by atoms with Crippen molar-refractivity contribution in [2.24, 2.45) is 5.92 Å². The van der Waals surface area contributed by atoms with Crippen LogP contribution < -0.4 is 15.8 Å². The zero-order valence-electron chi connectivity index (χ0n) is 11.6. The van der Waals surface area contributed by atoms with Gasteiger partial charge in [-0.3, -0.25) is 4.79 Å². The molecule has 1 aromatic rings. The van der Waals surface area contributed by atoms with E-state index in [4.69, 9.17) is 10.5 Å². The monoisotopic (exact) mass is 262 g/mol. The van der Waals surface area contributed by atoms with E-state index in [0.29, 0.717) is 17.0 Å². The van der Waals surface area contributed by atoms with Crippen molar-refractivity contribution in [3.63, 3.8) is 0 Å². The number of hydrogen-bond donors (Lipinski definition) is 2. The van der Waals surface area contributed by atoms with Crippen LogP contribution in [0.15, 0.2) is 18.2 Å². The Morgan fingerprint density at radius 1 is 1.32 bits per heavy atom. The molecule has 3 N–H and O–H groups in total. The second-order valence-corrected chi connectivity index (χ2v) is 5.39. The summed E-state index contributed by atoms with van der Waals surface area (Å²) >= 11 is 0. The van der Waals surface area contributed by atoms with E-state index >= 15 is 0 Å². The average molecular weight is 262 g/mol. The molecular weight excluding hydrogens is 240 g/mol. The predicted molar refractivity (Wildman–Crippen MR) is 76.3 cm³/mol. The van der Waals surface area contributed by atoms with Crippen LogP contribution in [0.3, 0.4) is 0 Å². The third-order valence-electron chi connectivity index (χ3n) is 3.82. The van der Waals surface area contributed by atoms with Crippen LogP contribution in [0.4, 0.5) is 5.69 Å². The fourth-order valence-corrected chi connectivity index (χ4v) is 2.57. The fourth-order valence-electron chi connectivity index (χ4n) is 2.57. The van der Waals surface area contributed by atoms with Crippen molar-refractivity contribution in [1.29, 1.82) is 0 Å². The molecule has 19 heavy (non-hydrogen) atoms. The molecule has 2 rings (SSSR count). The van der Waals surface area contributed by atoms with Crippen molar-refractivity contribution in [1.82, 2.24) is 5.32 Å². The van der Waals surface area contributed by atoms with E-state index in [1.165, 1.54) is 12.8 Å². The van der Waals surface area contributed by atoms with Crippen LogP contribution >= 0.6 is 0 Å². The summed E-state index contributed by atoms with van der Waals surface area (Å²) in [6.07, 6.45) is 4.47. The Balaban J connectivity index is 2.05. The minimum absolute atomic E-state index is 0.0938. The van der Waals surface area contributed by atoms with Crippen LogP contribution in [-0.2, 0) is 0 Å². The van der Waals surface area contributed by atoms with Crippen molar-refractivity contribution < 1.29 is 9.53 Å². The summed E-state index contributed by atoms with van der Waals surface area (Å²) in [5.41, 5.74) is 6.82.